The van der Waals surface area contributed by atoms with Crippen molar-refractivity contribution in [2.45, 2.75) is 66.2 Å². The molecule has 0 radical (unpaired) electrons. The summed E-state index contributed by atoms with van der Waals surface area (Å²) in [7, 11) is 0. The second-order valence-corrected chi connectivity index (χ2v) is 5.04. The highest BCUT2D eigenvalue weighted by atomic mass is 15.1. The van der Waals surface area contributed by atoms with Crippen molar-refractivity contribution in [3.8, 4) is 0 Å². The lowest BCUT2D eigenvalue weighted by Gasteiger charge is -2.20. The van der Waals surface area contributed by atoms with Crippen molar-refractivity contribution in [2.75, 3.05) is 13.1 Å². The topological polar surface area (TPSA) is 3.24 Å². The molecule has 0 heterocycles. The van der Waals surface area contributed by atoms with Crippen LogP contribution in [-0.2, 0) is 0 Å². The van der Waals surface area contributed by atoms with Gasteiger partial charge in [-0.2, -0.15) is 0 Å². The molecular weight excluding hydrogens is 194 g/mol. The second-order valence-electron chi connectivity index (χ2n) is 5.04. The monoisotopic (exact) mass is 225 g/mol. The Hall–Kier alpha value is -0.460. The van der Waals surface area contributed by atoms with Crippen molar-refractivity contribution in [1.29, 1.82) is 0 Å². The van der Waals surface area contributed by atoms with Crippen LogP contribution in [0.1, 0.15) is 66.2 Å². The number of allylic oxidation sites excluding steroid dienone is 1. The van der Waals surface area contributed by atoms with E-state index in [-0.39, 0.29) is 0 Å². The zero-order valence-electron chi connectivity index (χ0n) is 11.8. The maximum absolute atomic E-state index is 2.51. The summed E-state index contributed by atoms with van der Waals surface area (Å²) in [6.07, 6.45) is 12.7. The molecular formula is C15H31N. The summed E-state index contributed by atoms with van der Waals surface area (Å²) >= 11 is 0. The molecule has 0 N–H and O–H groups in total. The number of rotatable bonds is 10. The molecule has 96 valence electrons. The second kappa shape index (κ2) is 11.0. The summed E-state index contributed by atoms with van der Waals surface area (Å²) in [6.45, 7) is 11.5. The van der Waals surface area contributed by atoms with Crippen LogP contribution in [0.3, 0.4) is 0 Å². The molecule has 16 heavy (non-hydrogen) atoms. The van der Waals surface area contributed by atoms with Gasteiger partial charge in [0.25, 0.3) is 0 Å². The standard InChI is InChI=1S/C15H31N/c1-5-7-9-12-16(13-10-8-6-2)14-11-15(3)4/h11,14-15H,5-10,12-13H2,1-4H3. The van der Waals surface area contributed by atoms with E-state index in [0.717, 1.165) is 0 Å². The molecule has 1 heteroatoms. The summed E-state index contributed by atoms with van der Waals surface area (Å²) in [5.41, 5.74) is 0. The molecule has 0 unspecified atom stereocenters. The van der Waals surface area contributed by atoms with Crippen LogP contribution in [0.2, 0.25) is 0 Å². The van der Waals surface area contributed by atoms with Crippen LogP contribution in [0, 0.1) is 5.92 Å². The molecule has 1 nitrogen and oxygen atoms in total. The third-order valence-corrected chi connectivity index (χ3v) is 2.78. The van der Waals surface area contributed by atoms with Crippen molar-refractivity contribution < 1.29 is 0 Å². The first kappa shape index (κ1) is 15.5. The normalized spacial score (nSPS) is 11.6. The summed E-state index contributed by atoms with van der Waals surface area (Å²) in [6, 6.07) is 0. The van der Waals surface area contributed by atoms with E-state index >= 15 is 0 Å². The first-order valence-electron chi connectivity index (χ1n) is 7.13. The zero-order valence-corrected chi connectivity index (χ0v) is 11.8. The molecule has 0 spiro atoms. The Balaban J connectivity index is 3.85. The van der Waals surface area contributed by atoms with E-state index in [0.29, 0.717) is 5.92 Å². The molecule has 0 aliphatic heterocycles. The van der Waals surface area contributed by atoms with Gasteiger partial charge in [-0.05, 0) is 25.0 Å². The van der Waals surface area contributed by atoms with Crippen LogP contribution in [0.5, 0.6) is 0 Å². The van der Waals surface area contributed by atoms with Gasteiger partial charge < -0.3 is 4.90 Å². The lowest BCUT2D eigenvalue weighted by molar-refractivity contribution is 0.352. The van der Waals surface area contributed by atoms with Gasteiger partial charge in [0.15, 0.2) is 0 Å². The fourth-order valence-corrected chi connectivity index (χ4v) is 1.68. The Bertz CT molecular complexity index is 151. The minimum Gasteiger partial charge on any atom is -0.378 e. The Kier molecular flexibility index (Phi) is 10.7. The molecule has 0 atom stereocenters. The van der Waals surface area contributed by atoms with Gasteiger partial charge in [-0.1, -0.05) is 59.5 Å². The predicted molar refractivity (Wildman–Crippen MR) is 74.6 cm³/mol. The van der Waals surface area contributed by atoms with Gasteiger partial charge in [0.1, 0.15) is 0 Å². The molecule has 0 amide bonds. The predicted octanol–water partition coefficient (Wildman–Crippen LogP) is 4.84. The summed E-state index contributed by atoms with van der Waals surface area (Å²) in [5, 5.41) is 0. The maximum atomic E-state index is 2.51. The van der Waals surface area contributed by atoms with E-state index in [2.05, 4.69) is 44.9 Å². The Morgan fingerprint density at radius 3 is 1.75 bits per heavy atom. The van der Waals surface area contributed by atoms with Crippen molar-refractivity contribution in [3.63, 3.8) is 0 Å². The van der Waals surface area contributed by atoms with Crippen LogP contribution in [0.25, 0.3) is 0 Å². The third-order valence-electron chi connectivity index (χ3n) is 2.78. The van der Waals surface area contributed by atoms with Gasteiger partial charge in [-0.15, -0.1) is 0 Å². The number of nitrogens with zero attached hydrogens (tertiary/aromatic N) is 1. The van der Waals surface area contributed by atoms with Crippen LogP contribution in [0.4, 0.5) is 0 Å². The van der Waals surface area contributed by atoms with Crippen LogP contribution >= 0.6 is 0 Å². The highest BCUT2D eigenvalue weighted by molar-refractivity contribution is 4.85. The van der Waals surface area contributed by atoms with Gasteiger partial charge in [-0.25, -0.2) is 0 Å². The van der Waals surface area contributed by atoms with Gasteiger partial charge in [0.2, 0.25) is 0 Å². The minimum atomic E-state index is 0.667. The van der Waals surface area contributed by atoms with E-state index in [1.807, 2.05) is 0 Å². The lowest BCUT2D eigenvalue weighted by atomic mass is 10.2. The molecule has 0 saturated carbocycles. The fourth-order valence-electron chi connectivity index (χ4n) is 1.68. The molecule has 0 bridgehead atoms. The zero-order chi connectivity index (χ0) is 12.2. The van der Waals surface area contributed by atoms with Gasteiger partial charge in [0, 0.05) is 13.1 Å². The number of unbranched alkanes of at least 4 members (excludes halogenated alkanes) is 4. The van der Waals surface area contributed by atoms with E-state index < -0.39 is 0 Å². The SMILES string of the molecule is CCCCCN(C=CC(C)C)CCCCC. The average Bonchev–Trinajstić information content (AvgIpc) is 2.25. The summed E-state index contributed by atoms with van der Waals surface area (Å²) in [5.74, 6) is 0.667. The quantitative estimate of drug-likeness (QED) is 0.481. The van der Waals surface area contributed by atoms with E-state index in [1.54, 1.807) is 0 Å². The van der Waals surface area contributed by atoms with Crippen LogP contribution in [0.15, 0.2) is 12.3 Å². The maximum Gasteiger partial charge on any atom is 0.0172 e. The van der Waals surface area contributed by atoms with E-state index in [1.165, 1.54) is 51.6 Å². The first-order chi connectivity index (χ1) is 7.70. The van der Waals surface area contributed by atoms with Crippen LogP contribution < -0.4 is 0 Å². The van der Waals surface area contributed by atoms with Gasteiger partial charge in [0.05, 0.1) is 0 Å². The molecule has 0 aliphatic carbocycles. The third kappa shape index (κ3) is 10.1. The molecule has 0 fully saturated rings. The van der Waals surface area contributed by atoms with Crippen molar-refractivity contribution in [1.82, 2.24) is 4.90 Å². The smallest absolute Gasteiger partial charge is 0.0172 e. The van der Waals surface area contributed by atoms with Crippen molar-refractivity contribution >= 4 is 0 Å². The Morgan fingerprint density at radius 2 is 1.38 bits per heavy atom. The largest absolute Gasteiger partial charge is 0.378 e. The lowest BCUT2D eigenvalue weighted by Crippen LogP contribution is -2.20. The summed E-state index contributed by atoms with van der Waals surface area (Å²) < 4.78 is 0. The number of hydrogen-bond acceptors (Lipinski definition) is 1. The van der Waals surface area contributed by atoms with Gasteiger partial charge in [-0.3, -0.25) is 0 Å². The highest BCUT2D eigenvalue weighted by Crippen LogP contribution is 2.05. The number of hydrogen-bond donors (Lipinski definition) is 0. The van der Waals surface area contributed by atoms with Crippen LogP contribution in [-0.4, -0.2) is 18.0 Å². The molecule has 0 rings (SSSR count). The van der Waals surface area contributed by atoms with E-state index in [9.17, 15) is 0 Å². The van der Waals surface area contributed by atoms with E-state index in [4.69, 9.17) is 0 Å². The van der Waals surface area contributed by atoms with Crippen molar-refractivity contribution in [2.24, 2.45) is 5.92 Å². The Morgan fingerprint density at radius 1 is 0.875 bits per heavy atom. The molecule has 0 saturated heterocycles. The fraction of sp³-hybridized carbons (Fsp3) is 0.867. The molecule has 0 aromatic rings. The first-order valence-corrected chi connectivity index (χ1v) is 7.13. The summed E-state index contributed by atoms with van der Waals surface area (Å²) in [4.78, 5) is 2.51. The minimum absolute atomic E-state index is 0.667. The highest BCUT2D eigenvalue weighted by Gasteiger charge is 1.99. The van der Waals surface area contributed by atoms with Gasteiger partial charge >= 0.3 is 0 Å². The Labute approximate surface area is 103 Å². The molecule has 0 aromatic heterocycles. The molecule has 0 aliphatic rings. The molecule has 0 aromatic carbocycles. The average molecular weight is 225 g/mol. The van der Waals surface area contributed by atoms with Crippen molar-refractivity contribution in [3.05, 3.63) is 12.3 Å².